The number of carboxylic acids is 1. The van der Waals surface area contributed by atoms with Gasteiger partial charge in [0.15, 0.2) is 0 Å². The van der Waals surface area contributed by atoms with Gasteiger partial charge in [-0.15, -0.1) is 0 Å². The van der Waals surface area contributed by atoms with Crippen molar-refractivity contribution in [3.05, 3.63) is 64.5 Å². The van der Waals surface area contributed by atoms with Crippen LogP contribution in [0, 0.1) is 0 Å². The molecule has 6 nitrogen and oxygen atoms in total. The minimum absolute atomic E-state index is 0.0885. The maximum Gasteiger partial charge on any atom is 0.303 e. The molecule has 1 aromatic heterocycles. The SMILES string of the molecule is [N-]=[N+]=Nc1ccc(Sc2[nH]c3ccccc3c2CCC(=O)O)cc1. The van der Waals surface area contributed by atoms with Gasteiger partial charge in [-0.05, 0) is 35.7 Å². The average Bonchev–Trinajstić information content (AvgIpc) is 2.92. The average molecular weight is 338 g/mol. The minimum atomic E-state index is -0.810. The Morgan fingerprint density at radius 2 is 1.96 bits per heavy atom. The van der Waals surface area contributed by atoms with E-state index in [4.69, 9.17) is 10.6 Å². The Hall–Kier alpha value is -2.89. The molecule has 0 aliphatic heterocycles. The maximum atomic E-state index is 10.9. The number of aliphatic carboxylic acids is 1. The molecule has 0 bridgehead atoms. The van der Waals surface area contributed by atoms with Gasteiger partial charge < -0.3 is 10.1 Å². The van der Waals surface area contributed by atoms with Crippen molar-refractivity contribution in [1.29, 1.82) is 0 Å². The smallest absolute Gasteiger partial charge is 0.303 e. The van der Waals surface area contributed by atoms with Gasteiger partial charge in [0.05, 0.1) is 5.03 Å². The van der Waals surface area contributed by atoms with Gasteiger partial charge in [0.2, 0.25) is 0 Å². The summed E-state index contributed by atoms with van der Waals surface area (Å²) in [4.78, 5) is 18.0. The first-order valence-corrected chi connectivity index (χ1v) is 8.13. The summed E-state index contributed by atoms with van der Waals surface area (Å²) >= 11 is 1.54. The fraction of sp³-hybridized carbons (Fsp3) is 0.118. The summed E-state index contributed by atoms with van der Waals surface area (Å²) in [7, 11) is 0. The number of aromatic amines is 1. The van der Waals surface area contributed by atoms with Gasteiger partial charge in [0, 0.05) is 32.8 Å². The zero-order valence-corrected chi connectivity index (χ0v) is 13.5. The molecule has 0 spiro atoms. The first kappa shape index (κ1) is 16.0. The van der Waals surface area contributed by atoms with Crippen LogP contribution in [0.1, 0.15) is 12.0 Å². The Kier molecular flexibility index (Phi) is 4.74. The highest BCUT2D eigenvalue weighted by molar-refractivity contribution is 7.99. The molecule has 0 atom stereocenters. The highest BCUT2D eigenvalue weighted by Crippen LogP contribution is 2.35. The Morgan fingerprint density at radius 3 is 2.67 bits per heavy atom. The summed E-state index contributed by atoms with van der Waals surface area (Å²) in [5.74, 6) is -0.810. The number of aryl methyl sites for hydroxylation is 1. The van der Waals surface area contributed by atoms with Gasteiger partial charge >= 0.3 is 5.97 Å². The molecular weight excluding hydrogens is 324 g/mol. The molecule has 0 amide bonds. The fourth-order valence-electron chi connectivity index (χ4n) is 2.49. The second-order valence-corrected chi connectivity index (χ2v) is 6.24. The zero-order chi connectivity index (χ0) is 16.9. The minimum Gasteiger partial charge on any atom is -0.481 e. The van der Waals surface area contributed by atoms with Crippen molar-refractivity contribution >= 4 is 34.3 Å². The van der Waals surface area contributed by atoms with E-state index in [9.17, 15) is 4.79 Å². The van der Waals surface area contributed by atoms with E-state index < -0.39 is 5.97 Å². The van der Waals surface area contributed by atoms with Crippen LogP contribution in [0.3, 0.4) is 0 Å². The highest BCUT2D eigenvalue weighted by Gasteiger charge is 2.13. The lowest BCUT2D eigenvalue weighted by molar-refractivity contribution is -0.136. The van der Waals surface area contributed by atoms with Crippen LogP contribution in [0.25, 0.3) is 21.3 Å². The van der Waals surface area contributed by atoms with Crippen LogP contribution >= 0.6 is 11.8 Å². The molecule has 0 radical (unpaired) electrons. The van der Waals surface area contributed by atoms with Crippen LogP contribution in [0.2, 0.25) is 0 Å². The van der Waals surface area contributed by atoms with Crippen LogP contribution in [0.4, 0.5) is 5.69 Å². The van der Waals surface area contributed by atoms with E-state index in [-0.39, 0.29) is 6.42 Å². The number of azide groups is 1. The van der Waals surface area contributed by atoms with Crippen LogP contribution in [-0.2, 0) is 11.2 Å². The summed E-state index contributed by atoms with van der Waals surface area (Å²) in [6, 6.07) is 15.1. The number of benzene rings is 2. The number of hydrogen-bond donors (Lipinski definition) is 2. The number of H-pyrrole nitrogens is 1. The van der Waals surface area contributed by atoms with E-state index in [2.05, 4.69) is 15.0 Å². The maximum absolute atomic E-state index is 10.9. The van der Waals surface area contributed by atoms with Gasteiger partial charge in [0.25, 0.3) is 0 Å². The molecule has 2 N–H and O–H groups in total. The number of hydrogen-bond acceptors (Lipinski definition) is 3. The number of nitrogens with one attached hydrogen (secondary N) is 1. The van der Waals surface area contributed by atoms with Gasteiger partial charge in [-0.2, -0.15) is 0 Å². The molecular formula is C17H14N4O2S. The van der Waals surface area contributed by atoms with Crippen LogP contribution in [-0.4, -0.2) is 16.1 Å². The molecule has 0 fully saturated rings. The second kappa shape index (κ2) is 7.12. The molecule has 1 heterocycles. The summed E-state index contributed by atoms with van der Waals surface area (Å²) in [6.07, 6.45) is 0.559. The van der Waals surface area contributed by atoms with Crippen molar-refractivity contribution < 1.29 is 9.90 Å². The van der Waals surface area contributed by atoms with Crippen molar-refractivity contribution in [2.24, 2.45) is 5.11 Å². The number of carboxylic acid groups (broad SMARTS) is 1. The molecule has 2 aromatic carbocycles. The first-order valence-electron chi connectivity index (χ1n) is 7.32. The zero-order valence-electron chi connectivity index (χ0n) is 12.6. The molecule has 24 heavy (non-hydrogen) atoms. The molecule has 120 valence electrons. The lowest BCUT2D eigenvalue weighted by Crippen LogP contribution is -1.97. The van der Waals surface area contributed by atoms with E-state index in [1.165, 1.54) is 11.8 Å². The third-order valence-electron chi connectivity index (χ3n) is 3.58. The fourth-order valence-corrected chi connectivity index (χ4v) is 3.50. The summed E-state index contributed by atoms with van der Waals surface area (Å²) in [5.41, 5.74) is 11.0. The topological polar surface area (TPSA) is 102 Å². The van der Waals surface area contributed by atoms with Crippen molar-refractivity contribution in [2.45, 2.75) is 22.8 Å². The van der Waals surface area contributed by atoms with Crippen molar-refractivity contribution in [2.75, 3.05) is 0 Å². The highest BCUT2D eigenvalue weighted by atomic mass is 32.2. The normalized spacial score (nSPS) is 10.5. The molecule has 0 aliphatic carbocycles. The third kappa shape index (κ3) is 3.53. The van der Waals surface area contributed by atoms with E-state index in [0.29, 0.717) is 12.1 Å². The van der Waals surface area contributed by atoms with Crippen LogP contribution in [0.5, 0.6) is 0 Å². The predicted molar refractivity (Wildman–Crippen MR) is 93.6 cm³/mol. The van der Waals surface area contributed by atoms with Crippen molar-refractivity contribution in [1.82, 2.24) is 4.98 Å². The number of aromatic nitrogens is 1. The third-order valence-corrected chi connectivity index (χ3v) is 4.64. The predicted octanol–water partition coefficient (Wildman–Crippen LogP) is 5.28. The van der Waals surface area contributed by atoms with E-state index in [0.717, 1.165) is 26.4 Å². The molecule has 0 saturated heterocycles. The van der Waals surface area contributed by atoms with E-state index in [1.54, 1.807) is 12.1 Å². The summed E-state index contributed by atoms with van der Waals surface area (Å²) in [5, 5.41) is 14.5. The van der Waals surface area contributed by atoms with Gasteiger partial charge in [-0.1, -0.05) is 47.2 Å². The van der Waals surface area contributed by atoms with Crippen molar-refractivity contribution in [3.8, 4) is 0 Å². The van der Waals surface area contributed by atoms with Gasteiger partial charge in [0.1, 0.15) is 0 Å². The summed E-state index contributed by atoms with van der Waals surface area (Å²) in [6.45, 7) is 0. The summed E-state index contributed by atoms with van der Waals surface area (Å²) < 4.78 is 0. The van der Waals surface area contributed by atoms with Gasteiger partial charge in [-0.25, -0.2) is 0 Å². The lowest BCUT2D eigenvalue weighted by Gasteiger charge is -2.04. The molecule has 0 saturated carbocycles. The van der Waals surface area contributed by atoms with Crippen molar-refractivity contribution in [3.63, 3.8) is 0 Å². The number of para-hydroxylation sites is 1. The number of fused-ring (bicyclic) bond motifs is 1. The molecule has 3 aromatic rings. The molecule has 7 heteroatoms. The Bertz CT molecular complexity index is 927. The van der Waals surface area contributed by atoms with E-state index in [1.807, 2.05) is 36.4 Å². The number of carbonyl (C=O) groups is 1. The Balaban J connectivity index is 1.93. The molecule has 3 rings (SSSR count). The quantitative estimate of drug-likeness (QED) is 0.363. The number of nitrogens with zero attached hydrogens (tertiary/aromatic N) is 3. The molecule has 0 aliphatic rings. The Labute approximate surface area is 142 Å². The second-order valence-electron chi connectivity index (χ2n) is 5.16. The van der Waals surface area contributed by atoms with Gasteiger partial charge in [-0.3, -0.25) is 4.79 Å². The van der Waals surface area contributed by atoms with Crippen LogP contribution in [0.15, 0.2) is 63.6 Å². The van der Waals surface area contributed by atoms with Crippen LogP contribution < -0.4 is 0 Å². The Morgan fingerprint density at radius 1 is 1.21 bits per heavy atom. The number of rotatable bonds is 6. The monoisotopic (exact) mass is 338 g/mol. The first-order chi connectivity index (χ1) is 11.7. The standard InChI is InChI=1S/C17H14N4O2S/c18-21-20-11-5-7-12(8-6-11)24-17-14(9-10-16(22)23)13-3-1-2-4-15(13)19-17/h1-8,19H,9-10H2,(H,22,23). The van der Waals surface area contributed by atoms with E-state index >= 15 is 0 Å². The lowest BCUT2D eigenvalue weighted by atomic mass is 10.1. The molecule has 0 unspecified atom stereocenters. The largest absolute Gasteiger partial charge is 0.481 e.